The highest BCUT2D eigenvalue weighted by Crippen LogP contribution is 2.17. The third kappa shape index (κ3) is 6.06. The van der Waals surface area contributed by atoms with Crippen LogP contribution in [0.3, 0.4) is 0 Å². The second kappa shape index (κ2) is 8.73. The predicted molar refractivity (Wildman–Crippen MR) is 96.5 cm³/mol. The molecule has 0 aliphatic rings. The van der Waals surface area contributed by atoms with Crippen LogP contribution in [0.15, 0.2) is 53.7 Å². The molecule has 23 heavy (non-hydrogen) atoms. The molecule has 0 aliphatic carbocycles. The van der Waals surface area contributed by atoms with E-state index in [0.717, 1.165) is 17.0 Å². The highest BCUT2D eigenvalue weighted by Gasteiger charge is 2.10. The number of hydrogen-bond donors (Lipinski definition) is 1. The highest BCUT2D eigenvalue weighted by atomic mass is 32.2. The molecule has 1 aromatic carbocycles. The van der Waals surface area contributed by atoms with Crippen molar-refractivity contribution in [2.24, 2.45) is 5.92 Å². The van der Waals surface area contributed by atoms with Crippen molar-refractivity contribution < 1.29 is 4.79 Å². The van der Waals surface area contributed by atoms with Gasteiger partial charge in [-0.1, -0.05) is 55.9 Å². The number of carbonyl (C=O) groups is 1. The van der Waals surface area contributed by atoms with Crippen molar-refractivity contribution in [2.45, 2.75) is 38.3 Å². The Morgan fingerprint density at radius 2 is 1.87 bits per heavy atom. The van der Waals surface area contributed by atoms with E-state index in [0.29, 0.717) is 11.7 Å². The van der Waals surface area contributed by atoms with Gasteiger partial charge in [0.1, 0.15) is 0 Å². The molecule has 4 heteroatoms. The summed E-state index contributed by atoms with van der Waals surface area (Å²) in [5.74, 6) is 1.06. The summed E-state index contributed by atoms with van der Waals surface area (Å²) < 4.78 is 0. The van der Waals surface area contributed by atoms with Gasteiger partial charge in [0.2, 0.25) is 5.91 Å². The maximum Gasteiger partial charge on any atom is 0.230 e. The third-order valence-corrected chi connectivity index (χ3v) is 4.43. The summed E-state index contributed by atoms with van der Waals surface area (Å²) >= 11 is 1.45. The first-order valence-electron chi connectivity index (χ1n) is 7.96. The van der Waals surface area contributed by atoms with E-state index in [2.05, 4.69) is 48.4 Å². The first-order valence-corrected chi connectivity index (χ1v) is 8.95. The number of aromatic nitrogens is 1. The lowest BCUT2D eigenvalue weighted by atomic mass is 10.00. The quantitative estimate of drug-likeness (QED) is 0.773. The second-order valence-corrected chi connectivity index (χ2v) is 7.08. The fourth-order valence-corrected chi connectivity index (χ4v) is 3.02. The van der Waals surface area contributed by atoms with E-state index >= 15 is 0 Å². The van der Waals surface area contributed by atoms with Gasteiger partial charge >= 0.3 is 0 Å². The van der Waals surface area contributed by atoms with Crippen molar-refractivity contribution in [3.8, 4) is 0 Å². The number of amides is 1. The average molecular weight is 328 g/mol. The van der Waals surface area contributed by atoms with Gasteiger partial charge in [-0.05, 0) is 42.5 Å². The van der Waals surface area contributed by atoms with E-state index < -0.39 is 0 Å². The minimum atomic E-state index is 0.0138. The molecule has 2 rings (SSSR count). The van der Waals surface area contributed by atoms with Gasteiger partial charge in [0.05, 0.1) is 16.8 Å². The van der Waals surface area contributed by atoms with Crippen LogP contribution < -0.4 is 5.32 Å². The molecule has 1 unspecified atom stereocenters. The highest BCUT2D eigenvalue weighted by molar-refractivity contribution is 7.99. The van der Waals surface area contributed by atoms with Crippen LogP contribution in [0.1, 0.15) is 37.9 Å². The fourth-order valence-electron chi connectivity index (χ4n) is 2.35. The average Bonchev–Trinajstić information content (AvgIpc) is 2.54. The molecular formula is C19H24N2OS. The zero-order chi connectivity index (χ0) is 16.7. The van der Waals surface area contributed by atoms with E-state index in [4.69, 9.17) is 0 Å². The van der Waals surface area contributed by atoms with Crippen molar-refractivity contribution in [1.82, 2.24) is 10.3 Å². The predicted octanol–water partition coefficient (Wildman–Crippen LogP) is 4.25. The van der Waals surface area contributed by atoms with Gasteiger partial charge in [-0.25, -0.2) is 4.98 Å². The SMILES string of the molecule is CC(C)Cc1ccc(C(C)NC(=O)CSc2ccccn2)cc1. The van der Waals surface area contributed by atoms with Gasteiger partial charge in [-0.2, -0.15) is 0 Å². The maximum absolute atomic E-state index is 12.1. The van der Waals surface area contributed by atoms with Crippen LogP contribution in [0.5, 0.6) is 0 Å². The van der Waals surface area contributed by atoms with Gasteiger partial charge < -0.3 is 5.32 Å². The number of benzene rings is 1. The number of carbonyl (C=O) groups excluding carboxylic acids is 1. The topological polar surface area (TPSA) is 42.0 Å². The number of hydrogen-bond acceptors (Lipinski definition) is 3. The molecule has 0 saturated carbocycles. The summed E-state index contributed by atoms with van der Waals surface area (Å²) in [6.07, 6.45) is 2.82. The standard InChI is InChI=1S/C19H24N2OS/c1-14(2)12-16-7-9-17(10-8-16)15(3)21-18(22)13-23-19-6-4-5-11-20-19/h4-11,14-15H,12-13H2,1-3H3,(H,21,22). The smallest absolute Gasteiger partial charge is 0.230 e. The van der Waals surface area contributed by atoms with Gasteiger partial charge in [0.15, 0.2) is 0 Å². The van der Waals surface area contributed by atoms with Crippen LogP contribution in [0.2, 0.25) is 0 Å². The Morgan fingerprint density at radius 1 is 1.13 bits per heavy atom. The molecule has 0 saturated heterocycles. The van der Waals surface area contributed by atoms with E-state index in [1.807, 2.05) is 25.1 Å². The lowest BCUT2D eigenvalue weighted by Gasteiger charge is -2.15. The Kier molecular flexibility index (Phi) is 6.66. The Hall–Kier alpha value is -1.81. The minimum absolute atomic E-state index is 0.0138. The molecule has 122 valence electrons. The summed E-state index contributed by atoms with van der Waals surface area (Å²) in [6.45, 7) is 6.45. The Bertz CT molecular complexity index is 611. The van der Waals surface area contributed by atoms with E-state index in [-0.39, 0.29) is 11.9 Å². The monoisotopic (exact) mass is 328 g/mol. The number of thioether (sulfide) groups is 1. The summed E-state index contributed by atoms with van der Waals surface area (Å²) in [4.78, 5) is 16.3. The number of nitrogens with zero attached hydrogens (tertiary/aromatic N) is 1. The van der Waals surface area contributed by atoms with Crippen LogP contribution in [-0.2, 0) is 11.2 Å². The Labute approximate surface area is 142 Å². The molecule has 0 bridgehead atoms. The number of pyridine rings is 1. The minimum Gasteiger partial charge on any atom is -0.349 e. The van der Waals surface area contributed by atoms with Crippen LogP contribution in [0, 0.1) is 5.92 Å². The first kappa shape index (κ1) is 17.5. The molecule has 0 fully saturated rings. The Morgan fingerprint density at radius 3 is 2.48 bits per heavy atom. The second-order valence-electron chi connectivity index (χ2n) is 6.09. The van der Waals surface area contributed by atoms with Crippen molar-refractivity contribution in [1.29, 1.82) is 0 Å². The molecule has 3 nitrogen and oxygen atoms in total. The molecule has 1 heterocycles. The summed E-state index contributed by atoms with van der Waals surface area (Å²) in [6, 6.07) is 14.2. The third-order valence-electron chi connectivity index (χ3n) is 3.49. The molecule has 0 aliphatic heterocycles. The van der Waals surface area contributed by atoms with Crippen LogP contribution >= 0.6 is 11.8 Å². The number of rotatable bonds is 7. The molecular weight excluding hydrogens is 304 g/mol. The van der Waals surface area contributed by atoms with Gasteiger partial charge in [0, 0.05) is 6.20 Å². The molecule has 1 aromatic heterocycles. The normalized spacial score (nSPS) is 12.2. The lowest BCUT2D eigenvalue weighted by Crippen LogP contribution is -2.28. The zero-order valence-corrected chi connectivity index (χ0v) is 14.8. The lowest BCUT2D eigenvalue weighted by molar-refractivity contribution is -0.119. The van der Waals surface area contributed by atoms with E-state index in [1.165, 1.54) is 17.3 Å². The zero-order valence-electron chi connectivity index (χ0n) is 14.0. The van der Waals surface area contributed by atoms with Gasteiger partial charge in [-0.15, -0.1) is 0 Å². The van der Waals surface area contributed by atoms with Crippen LogP contribution in [-0.4, -0.2) is 16.6 Å². The molecule has 1 N–H and O–H groups in total. The molecule has 1 amide bonds. The fraction of sp³-hybridized carbons (Fsp3) is 0.368. The van der Waals surface area contributed by atoms with Gasteiger partial charge in [-0.3, -0.25) is 4.79 Å². The first-order chi connectivity index (χ1) is 11.0. The molecule has 2 aromatic rings. The Balaban J connectivity index is 1.83. The van der Waals surface area contributed by atoms with Gasteiger partial charge in [0.25, 0.3) is 0 Å². The van der Waals surface area contributed by atoms with Crippen molar-refractivity contribution in [3.05, 3.63) is 59.8 Å². The maximum atomic E-state index is 12.1. The largest absolute Gasteiger partial charge is 0.349 e. The molecule has 0 radical (unpaired) electrons. The summed E-state index contributed by atoms with van der Waals surface area (Å²) in [5.41, 5.74) is 2.47. The molecule has 0 spiro atoms. The van der Waals surface area contributed by atoms with E-state index in [1.54, 1.807) is 6.20 Å². The van der Waals surface area contributed by atoms with Crippen LogP contribution in [0.25, 0.3) is 0 Å². The molecule has 1 atom stereocenters. The summed E-state index contributed by atoms with van der Waals surface area (Å²) in [7, 11) is 0. The summed E-state index contributed by atoms with van der Waals surface area (Å²) in [5, 5.41) is 3.91. The van der Waals surface area contributed by atoms with Crippen molar-refractivity contribution in [3.63, 3.8) is 0 Å². The van der Waals surface area contributed by atoms with E-state index in [9.17, 15) is 4.79 Å². The van der Waals surface area contributed by atoms with Crippen molar-refractivity contribution >= 4 is 17.7 Å². The van der Waals surface area contributed by atoms with Crippen molar-refractivity contribution in [2.75, 3.05) is 5.75 Å². The van der Waals surface area contributed by atoms with Crippen LogP contribution in [0.4, 0.5) is 0 Å². The number of nitrogens with one attached hydrogen (secondary N) is 1.